The molecule has 0 radical (unpaired) electrons. The first-order valence-electron chi connectivity index (χ1n) is 5.71. The van der Waals surface area contributed by atoms with E-state index < -0.39 is 20.6 Å². The van der Waals surface area contributed by atoms with Gasteiger partial charge in [-0.15, -0.1) is 11.3 Å². The second-order valence-corrected chi connectivity index (χ2v) is 8.43. The van der Waals surface area contributed by atoms with Gasteiger partial charge in [0.1, 0.15) is 0 Å². The summed E-state index contributed by atoms with van der Waals surface area (Å²) in [6.07, 6.45) is 1.62. The summed E-state index contributed by atoms with van der Waals surface area (Å²) in [5, 5.41) is 13.9. The smallest absolute Gasteiger partial charge is 0.303 e. The predicted molar refractivity (Wildman–Crippen MR) is 75.5 cm³/mol. The van der Waals surface area contributed by atoms with Crippen LogP contribution in [0.5, 0.6) is 0 Å². The molecule has 0 spiro atoms. The van der Waals surface area contributed by atoms with Gasteiger partial charge in [0, 0.05) is 24.6 Å². The van der Waals surface area contributed by atoms with Crippen molar-refractivity contribution in [3.63, 3.8) is 0 Å². The molecule has 0 bridgehead atoms. The van der Waals surface area contributed by atoms with Crippen LogP contribution in [0, 0.1) is 0 Å². The third-order valence-electron chi connectivity index (χ3n) is 2.82. The Bertz CT molecular complexity index is 549. The number of hydrogen-bond acceptors (Lipinski definition) is 6. The summed E-state index contributed by atoms with van der Waals surface area (Å²) in [4.78, 5) is 14.7. The second-order valence-electron chi connectivity index (χ2n) is 4.92. The van der Waals surface area contributed by atoms with Crippen LogP contribution in [-0.4, -0.2) is 42.0 Å². The number of sulfone groups is 1. The molecule has 0 aliphatic rings. The van der Waals surface area contributed by atoms with Crippen molar-refractivity contribution in [2.75, 3.05) is 18.1 Å². The highest BCUT2D eigenvalue weighted by molar-refractivity contribution is 7.92. The van der Waals surface area contributed by atoms with Crippen LogP contribution in [0.4, 0.5) is 5.13 Å². The third kappa shape index (κ3) is 4.79. The molecule has 1 aromatic rings. The number of carboxylic acids is 1. The molecule has 108 valence electrons. The summed E-state index contributed by atoms with van der Waals surface area (Å²) < 4.78 is 22.2. The van der Waals surface area contributed by atoms with E-state index in [4.69, 9.17) is 5.11 Å². The van der Waals surface area contributed by atoms with E-state index in [1.54, 1.807) is 19.2 Å². The number of hydrogen-bond donors (Lipinski definition) is 2. The van der Waals surface area contributed by atoms with Gasteiger partial charge >= 0.3 is 5.97 Å². The van der Waals surface area contributed by atoms with Crippen LogP contribution in [0.3, 0.4) is 0 Å². The minimum absolute atomic E-state index is 0.0397. The number of nitrogens with zero attached hydrogens (tertiary/aromatic N) is 1. The third-order valence-corrected chi connectivity index (χ3v) is 5.82. The average molecular weight is 306 g/mol. The average Bonchev–Trinajstić information content (AvgIpc) is 2.70. The Morgan fingerprint density at radius 1 is 1.53 bits per heavy atom. The van der Waals surface area contributed by atoms with E-state index in [1.165, 1.54) is 17.6 Å². The van der Waals surface area contributed by atoms with Gasteiger partial charge in [-0.3, -0.25) is 4.79 Å². The fraction of sp³-hybridized carbons (Fsp3) is 0.636. The first-order valence-corrected chi connectivity index (χ1v) is 8.48. The van der Waals surface area contributed by atoms with Crippen LogP contribution >= 0.6 is 11.3 Å². The molecular weight excluding hydrogens is 288 g/mol. The van der Waals surface area contributed by atoms with Gasteiger partial charge in [-0.2, -0.15) is 0 Å². The normalized spacial score (nSPS) is 12.4. The molecule has 0 amide bonds. The summed E-state index contributed by atoms with van der Waals surface area (Å²) in [7, 11) is -3.15. The summed E-state index contributed by atoms with van der Waals surface area (Å²) in [5.41, 5.74) is 0.701. The number of anilines is 1. The molecule has 19 heavy (non-hydrogen) atoms. The van der Waals surface area contributed by atoms with E-state index in [0.717, 1.165) is 0 Å². The number of nitrogens with one attached hydrogen (secondary N) is 1. The monoisotopic (exact) mass is 306 g/mol. The van der Waals surface area contributed by atoms with Crippen LogP contribution in [0.15, 0.2) is 5.38 Å². The lowest BCUT2D eigenvalue weighted by atomic mass is 10.2. The molecular formula is C11H18N2O4S2. The Balaban J connectivity index is 2.58. The lowest BCUT2D eigenvalue weighted by molar-refractivity contribution is -0.136. The maximum atomic E-state index is 11.5. The standard InChI is InChI=1S/C11H18N2O4S2/c1-11(2,19(3,16)17)7-12-10-13-8(6-18-10)4-5-9(14)15/h6H,4-5,7H2,1-3H3,(H,12,13)(H,14,15). The fourth-order valence-electron chi connectivity index (χ4n) is 1.16. The molecule has 6 nitrogen and oxygen atoms in total. The van der Waals surface area contributed by atoms with Crippen molar-refractivity contribution in [2.24, 2.45) is 0 Å². The Labute approximate surface area is 116 Å². The quantitative estimate of drug-likeness (QED) is 0.790. The van der Waals surface area contributed by atoms with Gasteiger partial charge < -0.3 is 10.4 Å². The van der Waals surface area contributed by atoms with Crippen molar-refractivity contribution in [1.29, 1.82) is 0 Å². The zero-order valence-electron chi connectivity index (χ0n) is 11.1. The zero-order chi connectivity index (χ0) is 14.7. The highest BCUT2D eigenvalue weighted by atomic mass is 32.2. The zero-order valence-corrected chi connectivity index (χ0v) is 12.8. The second kappa shape index (κ2) is 5.87. The van der Waals surface area contributed by atoms with E-state index >= 15 is 0 Å². The Kier molecular flexibility index (Phi) is 4.92. The van der Waals surface area contributed by atoms with Crippen LogP contribution in [-0.2, 0) is 21.1 Å². The Morgan fingerprint density at radius 2 is 2.16 bits per heavy atom. The SMILES string of the molecule is CC(C)(CNc1nc(CCC(=O)O)cs1)S(C)(=O)=O. The molecule has 2 N–H and O–H groups in total. The molecule has 0 aliphatic heterocycles. The summed E-state index contributed by atoms with van der Waals surface area (Å²) in [5.74, 6) is -0.860. The molecule has 0 fully saturated rings. The summed E-state index contributed by atoms with van der Waals surface area (Å²) in [6.45, 7) is 3.56. The van der Waals surface area contributed by atoms with Gasteiger partial charge in [-0.05, 0) is 13.8 Å². The van der Waals surface area contributed by atoms with Crippen LogP contribution < -0.4 is 5.32 Å². The number of aliphatic carboxylic acids is 1. The number of thiazole rings is 1. The first kappa shape index (κ1) is 15.9. The van der Waals surface area contributed by atoms with Crippen molar-refractivity contribution in [2.45, 2.75) is 31.4 Å². The molecule has 0 aromatic carbocycles. The number of aromatic nitrogens is 1. The van der Waals surface area contributed by atoms with Crippen molar-refractivity contribution >= 4 is 32.3 Å². The highest BCUT2D eigenvalue weighted by Gasteiger charge is 2.30. The van der Waals surface area contributed by atoms with Gasteiger partial charge in [0.15, 0.2) is 15.0 Å². The minimum Gasteiger partial charge on any atom is -0.481 e. The predicted octanol–water partition coefficient (Wildman–Crippen LogP) is 1.40. The number of aryl methyl sites for hydroxylation is 1. The van der Waals surface area contributed by atoms with E-state index in [-0.39, 0.29) is 13.0 Å². The van der Waals surface area contributed by atoms with Gasteiger partial charge in [-0.1, -0.05) is 0 Å². The van der Waals surface area contributed by atoms with Gasteiger partial charge in [-0.25, -0.2) is 13.4 Å². The molecule has 0 atom stereocenters. The van der Waals surface area contributed by atoms with Gasteiger partial charge in [0.05, 0.1) is 16.9 Å². The number of rotatable bonds is 7. The minimum atomic E-state index is -3.15. The van der Waals surface area contributed by atoms with Gasteiger partial charge in [0.25, 0.3) is 0 Å². The molecule has 0 unspecified atom stereocenters. The van der Waals surface area contributed by atoms with Gasteiger partial charge in [0.2, 0.25) is 0 Å². The topological polar surface area (TPSA) is 96.4 Å². The largest absolute Gasteiger partial charge is 0.481 e. The summed E-state index contributed by atoms with van der Waals surface area (Å²) in [6, 6.07) is 0. The van der Waals surface area contributed by atoms with E-state index in [1.807, 2.05) is 0 Å². The Morgan fingerprint density at radius 3 is 2.68 bits per heavy atom. The fourth-order valence-corrected chi connectivity index (χ4v) is 2.24. The maximum Gasteiger partial charge on any atom is 0.303 e. The maximum absolute atomic E-state index is 11.5. The molecule has 0 saturated carbocycles. The van der Waals surface area contributed by atoms with Crippen molar-refractivity contribution in [1.82, 2.24) is 4.98 Å². The van der Waals surface area contributed by atoms with E-state index in [2.05, 4.69) is 10.3 Å². The van der Waals surface area contributed by atoms with E-state index in [9.17, 15) is 13.2 Å². The Hall–Kier alpha value is -1.15. The molecule has 1 rings (SSSR count). The molecule has 8 heteroatoms. The molecule has 1 heterocycles. The number of carbonyl (C=O) groups is 1. The lowest BCUT2D eigenvalue weighted by Crippen LogP contribution is -2.38. The van der Waals surface area contributed by atoms with Crippen molar-refractivity contribution in [3.8, 4) is 0 Å². The molecule has 0 saturated heterocycles. The van der Waals surface area contributed by atoms with Crippen LogP contribution in [0.2, 0.25) is 0 Å². The van der Waals surface area contributed by atoms with Crippen molar-refractivity contribution < 1.29 is 18.3 Å². The number of carboxylic acid groups (broad SMARTS) is 1. The van der Waals surface area contributed by atoms with Crippen molar-refractivity contribution in [3.05, 3.63) is 11.1 Å². The first-order chi connectivity index (χ1) is 8.62. The molecule has 0 aliphatic carbocycles. The van der Waals surface area contributed by atoms with Crippen LogP contribution in [0.1, 0.15) is 26.0 Å². The summed E-state index contributed by atoms with van der Waals surface area (Å²) >= 11 is 1.34. The van der Waals surface area contributed by atoms with Crippen LogP contribution in [0.25, 0.3) is 0 Å². The van der Waals surface area contributed by atoms with E-state index in [0.29, 0.717) is 17.2 Å². The lowest BCUT2D eigenvalue weighted by Gasteiger charge is -2.22. The molecule has 1 aromatic heterocycles. The highest BCUT2D eigenvalue weighted by Crippen LogP contribution is 2.20.